The Bertz CT molecular complexity index is 3890. The molecule has 13 aromatic rings. The molecule has 0 atom stereocenters. The standard InChI is InChI=1S/C57H35N5/c1-4-18-36(19-5-1)37-32-34-39(35-33-37)56-58-55(38-20-6-2-7-21-38)59-57(60-56)62-48-31-17-15-29-46(48)52-50-41-24-10-12-26-43(41)53-51(49(50)42-25-11-13-27-44(42)54(52)62)45-28-14-16-30-47(45)61(53)40-22-8-3-9-23-40/h1-35H. The summed E-state index contributed by atoms with van der Waals surface area (Å²) in [4.78, 5) is 15.9. The number of rotatable bonds is 5. The molecule has 13 rings (SSSR count). The Hall–Kier alpha value is -8.41. The third-order valence-corrected chi connectivity index (χ3v) is 12.5. The van der Waals surface area contributed by atoms with E-state index in [1.807, 2.05) is 24.3 Å². The molecule has 5 nitrogen and oxygen atoms in total. The molecule has 3 heterocycles. The van der Waals surface area contributed by atoms with Gasteiger partial charge in [0.15, 0.2) is 11.6 Å². The fourth-order valence-corrected chi connectivity index (χ4v) is 9.91. The first-order valence-electron chi connectivity index (χ1n) is 21.0. The van der Waals surface area contributed by atoms with Crippen molar-refractivity contribution >= 4 is 75.9 Å². The Morgan fingerprint density at radius 1 is 0.258 bits per heavy atom. The molecular formula is C57H35N5. The number of aromatic nitrogens is 5. The summed E-state index contributed by atoms with van der Waals surface area (Å²) in [5, 5.41) is 12.0. The second-order valence-corrected chi connectivity index (χ2v) is 15.9. The van der Waals surface area contributed by atoms with Gasteiger partial charge in [-0.15, -0.1) is 0 Å². The zero-order chi connectivity index (χ0) is 40.7. The summed E-state index contributed by atoms with van der Waals surface area (Å²) >= 11 is 0. The highest BCUT2D eigenvalue weighted by Gasteiger charge is 2.26. The SMILES string of the molecule is c1ccc(-c2ccc(-c3nc(-c4ccccc4)nc(-n4c5ccccc5c5c6c7ccccc7c7c(c8ccccc8n7-c7ccccc7)c6c6ccccc6c54)n3)cc2)cc1. The molecule has 0 unspecified atom stereocenters. The first-order chi connectivity index (χ1) is 30.8. The molecule has 5 heteroatoms. The molecule has 0 amide bonds. The van der Waals surface area contributed by atoms with E-state index in [2.05, 4.69) is 197 Å². The van der Waals surface area contributed by atoms with Crippen molar-refractivity contribution in [3.05, 3.63) is 212 Å². The van der Waals surface area contributed by atoms with Gasteiger partial charge < -0.3 is 4.57 Å². The molecule has 0 fully saturated rings. The fraction of sp³-hybridized carbons (Fsp3) is 0. The van der Waals surface area contributed by atoms with Crippen LogP contribution < -0.4 is 0 Å². The first kappa shape index (κ1) is 34.5. The van der Waals surface area contributed by atoms with E-state index in [0.29, 0.717) is 17.6 Å². The van der Waals surface area contributed by atoms with Crippen LogP contribution in [0.1, 0.15) is 0 Å². The number of benzene rings is 10. The lowest BCUT2D eigenvalue weighted by atomic mass is 9.89. The van der Waals surface area contributed by atoms with E-state index in [1.54, 1.807) is 0 Å². The predicted octanol–water partition coefficient (Wildman–Crippen LogP) is 14.5. The molecule has 0 saturated heterocycles. The normalized spacial score (nSPS) is 11.9. The molecule has 288 valence electrons. The van der Waals surface area contributed by atoms with Gasteiger partial charge in [0.1, 0.15) is 0 Å². The maximum atomic E-state index is 5.39. The summed E-state index contributed by atoms with van der Waals surface area (Å²) in [5.41, 5.74) is 9.79. The summed E-state index contributed by atoms with van der Waals surface area (Å²) in [6.07, 6.45) is 0. The molecule has 0 aliphatic carbocycles. The average Bonchev–Trinajstić information content (AvgIpc) is 3.89. The molecule has 0 radical (unpaired) electrons. The first-order valence-corrected chi connectivity index (χ1v) is 21.0. The molecule has 62 heavy (non-hydrogen) atoms. The third-order valence-electron chi connectivity index (χ3n) is 12.5. The second-order valence-electron chi connectivity index (χ2n) is 15.9. The molecule has 0 spiro atoms. The predicted molar refractivity (Wildman–Crippen MR) is 257 cm³/mol. The quantitative estimate of drug-likeness (QED) is 0.163. The minimum Gasteiger partial charge on any atom is -0.309 e. The average molecular weight is 790 g/mol. The number of hydrogen-bond donors (Lipinski definition) is 0. The van der Waals surface area contributed by atoms with Crippen molar-refractivity contribution in [1.82, 2.24) is 24.1 Å². The van der Waals surface area contributed by atoms with Crippen molar-refractivity contribution in [1.29, 1.82) is 0 Å². The molecule has 0 aliphatic heterocycles. The topological polar surface area (TPSA) is 48.5 Å². The highest BCUT2D eigenvalue weighted by Crippen LogP contribution is 2.50. The van der Waals surface area contributed by atoms with Crippen LogP contribution in [0.25, 0.3) is 121 Å². The van der Waals surface area contributed by atoms with Gasteiger partial charge in [-0.05, 0) is 46.2 Å². The molecule has 0 aliphatic rings. The number of hydrogen-bond acceptors (Lipinski definition) is 3. The van der Waals surface area contributed by atoms with Crippen molar-refractivity contribution in [3.63, 3.8) is 0 Å². The Kier molecular flexibility index (Phi) is 7.54. The van der Waals surface area contributed by atoms with Crippen LogP contribution in [0.3, 0.4) is 0 Å². The second kappa shape index (κ2) is 13.6. The Balaban J connectivity index is 1.19. The minimum atomic E-state index is 0.572. The van der Waals surface area contributed by atoms with E-state index in [4.69, 9.17) is 15.0 Å². The van der Waals surface area contributed by atoms with Crippen LogP contribution in [0.15, 0.2) is 212 Å². The van der Waals surface area contributed by atoms with E-state index in [1.165, 1.54) is 59.7 Å². The van der Waals surface area contributed by atoms with Crippen molar-refractivity contribution in [2.24, 2.45) is 0 Å². The summed E-state index contributed by atoms with van der Waals surface area (Å²) in [6, 6.07) is 75.4. The smallest absolute Gasteiger partial charge is 0.238 e. The summed E-state index contributed by atoms with van der Waals surface area (Å²) in [7, 11) is 0. The van der Waals surface area contributed by atoms with E-state index >= 15 is 0 Å². The zero-order valence-electron chi connectivity index (χ0n) is 33.4. The van der Waals surface area contributed by atoms with Gasteiger partial charge in [0.05, 0.1) is 22.1 Å². The third kappa shape index (κ3) is 5.06. The van der Waals surface area contributed by atoms with Crippen molar-refractivity contribution < 1.29 is 0 Å². The summed E-state index contributed by atoms with van der Waals surface area (Å²) in [5.74, 6) is 1.81. The monoisotopic (exact) mass is 789 g/mol. The van der Waals surface area contributed by atoms with Gasteiger partial charge in [-0.3, -0.25) is 4.57 Å². The largest absolute Gasteiger partial charge is 0.309 e. The fourth-order valence-electron chi connectivity index (χ4n) is 9.91. The van der Waals surface area contributed by atoms with Crippen molar-refractivity contribution in [3.8, 4) is 45.5 Å². The van der Waals surface area contributed by atoms with Crippen LogP contribution in [0, 0.1) is 0 Å². The van der Waals surface area contributed by atoms with E-state index < -0.39 is 0 Å². The van der Waals surface area contributed by atoms with Crippen LogP contribution >= 0.6 is 0 Å². The molecule has 0 saturated carbocycles. The summed E-state index contributed by atoms with van der Waals surface area (Å²) in [6.45, 7) is 0. The van der Waals surface area contributed by atoms with E-state index in [-0.39, 0.29) is 0 Å². The maximum Gasteiger partial charge on any atom is 0.238 e. The van der Waals surface area contributed by atoms with Crippen LogP contribution in [0.5, 0.6) is 0 Å². The van der Waals surface area contributed by atoms with E-state index in [0.717, 1.165) is 44.2 Å². The lowest BCUT2D eigenvalue weighted by Gasteiger charge is -2.16. The summed E-state index contributed by atoms with van der Waals surface area (Å²) < 4.78 is 4.74. The van der Waals surface area contributed by atoms with Gasteiger partial charge in [0.2, 0.25) is 5.95 Å². The number of nitrogens with zero attached hydrogens (tertiary/aromatic N) is 5. The molecule has 3 aromatic heterocycles. The number of para-hydroxylation sites is 3. The maximum absolute atomic E-state index is 5.39. The van der Waals surface area contributed by atoms with Crippen LogP contribution in [0.2, 0.25) is 0 Å². The molecule has 0 bridgehead atoms. The minimum absolute atomic E-state index is 0.572. The van der Waals surface area contributed by atoms with Gasteiger partial charge in [0.25, 0.3) is 0 Å². The number of fused-ring (bicyclic) bond motifs is 15. The lowest BCUT2D eigenvalue weighted by Crippen LogP contribution is -2.06. The highest BCUT2D eigenvalue weighted by atomic mass is 15.2. The van der Waals surface area contributed by atoms with Gasteiger partial charge in [-0.2, -0.15) is 9.97 Å². The Labute approximate surface area is 356 Å². The van der Waals surface area contributed by atoms with Crippen molar-refractivity contribution in [2.45, 2.75) is 0 Å². The van der Waals surface area contributed by atoms with Gasteiger partial charge in [-0.25, -0.2) is 4.98 Å². The lowest BCUT2D eigenvalue weighted by molar-refractivity contribution is 0.955. The van der Waals surface area contributed by atoms with Crippen LogP contribution in [-0.2, 0) is 0 Å². The zero-order valence-corrected chi connectivity index (χ0v) is 33.4. The molecular weight excluding hydrogens is 755 g/mol. The van der Waals surface area contributed by atoms with Gasteiger partial charge in [-0.1, -0.05) is 188 Å². The van der Waals surface area contributed by atoms with Gasteiger partial charge in [0, 0.05) is 59.9 Å². The van der Waals surface area contributed by atoms with E-state index in [9.17, 15) is 0 Å². The van der Waals surface area contributed by atoms with Crippen LogP contribution in [-0.4, -0.2) is 24.1 Å². The van der Waals surface area contributed by atoms with Crippen LogP contribution in [0.4, 0.5) is 0 Å². The Morgan fingerprint density at radius 3 is 1.18 bits per heavy atom. The van der Waals surface area contributed by atoms with Crippen molar-refractivity contribution in [2.75, 3.05) is 0 Å². The van der Waals surface area contributed by atoms with Gasteiger partial charge >= 0.3 is 0 Å². The molecule has 10 aromatic carbocycles. The Morgan fingerprint density at radius 2 is 0.629 bits per heavy atom. The molecule has 0 N–H and O–H groups in total. The highest BCUT2D eigenvalue weighted by molar-refractivity contribution is 6.45.